The maximum atomic E-state index is 12.7. The molecule has 0 aliphatic carbocycles. The zero-order valence-electron chi connectivity index (χ0n) is 13.5. The summed E-state index contributed by atoms with van der Waals surface area (Å²) in [7, 11) is -1.87. The van der Waals surface area contributed by atoms with Gasteiger partial charge in [-0.25, -0.2) is 8.42 Å². The van der Waals surface area contributed by atoms with Crippen molar-refractivity contribution < 1.29 is 13.2 Å². The van der Waals surface area contributed by atoms with Crippen molar-refractivity contribution in [1.82, 2.24) is 0 Å². The van der Waals surface area contributed by atoms with Gasteiger partial charge >= 0.3 is 0 Å². The number of alkyl halides is 1. The van der Waals surface area contributed by atoms with E-state index in [2.05, 4.69) is 15.9 Å². The molecule has 0 aliphatic rings. The van der Waals surface area contributed by atoms with Crippen molar-refractivity contribution in [2.75, 3.05) is 12.9 Å². The lowest BCUT2D eigenvalue weighted by Crippen LogP contribution is -2.28. The monoisotopic (exact) mass is 396 g/mol. The molecule has 0 saturated heterocycles. The second kappa shape index (κ2) is 7.05. The molecule has 0 heterocycles. The van der Waals surface area contributed by atoms with Gasteiger partial charge in [-0.1, -0.05) is 60.1 Å². The lowest BCUT2D eigenvalue weighted by molar-refractivity contribution is 0.413. The van der Waals surface area contributed by atoms with Crippen LogP contribution < -0.4 is 4.74 Å². The Morgan fingerprint density at radius 3 is 2.30 bits per heavy atom. The molecule has 2 aromatic rings. The second-order valence-corrected chi connectivity index (χ2v) is 8.70. The number of sulfone groups is 1. The largest absolute Gasteiger partial charge is 0.497 e. The minimum Gasteiger partial charge on any atom is -0.497 e. The first kappa shape index (κ1) is 18.0. The van der Waals surface area contributed by atoms with Gasteiger partial charge in [-0.05, 0) is 29.3 Å². The SMILES string of the molecule is COc1cccc(S(=O)(=O)CC(C)(C)c2ccc(CBr)cc2)c1. The van der Waals surface area contributed by atoms with Gasteiger partial charge < -0.3 is 4.74 Å². The van der Waals surface area contributed by atoms with Crippen molar-refractivity contribution in [2.24, 2.45) is 0 Å². The van der Waals surface area contributed by atoms with Crippen LogP contribution in [0.25, 0.3) is 0 Å². The molecule has 0 bridgehead atoms. The molecule has 124 valence electrons. The Kier molecular flexibility index (Phi) is 5.53. The lowest BCUT2D eigenvalue weighted by Gasteiger charge is -2.25. The first-order valence-electron chi connectivity index (χ1n) is 7.31. The smallest absolute Gasteiger partial charge is 0.179 e. The zero-order chi connectivity index (χ0) is 17.1. The molecule has 0 fully saturated rings. The van der Waals surface area contributed by atoms with Gasteiger partial charge in [0.25, 0.3) is 0 Å². The molecule has 0 unspecified atom stereocenters. The van der Waals surface area contributed by atoms with Crippen LogP contribution >= 0.6 is 15.9 Å². The second-order valence-electron chi connectivity index (χ2n) is 6.15. The summed E-state index contributed by atoms with van der Waals surface area (Å²) >= 11 is 3.42. The van der Waals surface area contributed by atoms with E-state index in [9.17, 15) is 8.42 Å². The molecule has 0 aliphatic heterocycles. The highest BCUT2D eigenvalue weighted by molar-refractivity contribution is 9.08. The van der Waals surface area contributed by atoms with Gasteiger partial charge in [0.1, 0.15) is 5.75 Å². The molecule has 0 saturated carbocycles. The van der Waals surface area contributed by atoms with E-state index < -0.39 is 15.3 Å². The maximum absolute atomic E-state index is 12.7. The van der Waals surface area contributed by atoms with Crippen molar-refractivity contribution in [1.29, 1.82) is 0 Å². The Balaban J connectivity index is 2.29. The molecule has 0 radical (unpaired) electrons. The summed E-state index contributed by atoms with van der Waals surface area (Å²) in [6.45, 7) is 3.90. The minimum absolute atomic E-state index is 0.0425. The Labute approximate surface area is 146 Å². The number of methoxy groups -OCH3 is 1. The summed E-state index contributed by atoms with van der Waals surface area (Å²) in [5.74, 6) is 0.589. The van der Waals surface area contributed by atoms with E-state index in [1.165, 1.54) is 12.7 Å². The zero-order valence-corrected chi connectivity index (χ0v) is 15.9. The molecule has 0 spiro atoms. The van der Waals surface area contributed by atoms with E-state index in [-0.39, 0.29) is 5.75 Å². The quantitative estimate of drug-likeness (QED) is 0.681. The van der Waals surface area contributed by atoms with Gasteiger partial charge in [0, 0.05) is 10.7 Å². The molecular formula is C18H21BrO3S. The van der Waals surface area contributed by atoms with Gasteiger partial charge in [0.05, 0.1) is 17.8 Å². The molecule has 0 N–H and O–H groups in total. The van der Waals surface area contributed by atoms with Crippen LogP contribution in [0.3, 0.4) is 0 Å². The van der Waals surface area contributed by atoms with Gasteiger partial charge in [-0.15, -0.1) is 0 Å². The Morgan fingerprint density at radius 1 is 1.09 bits per heavy atom. The third-order valence-electron chi connectivity index (χ3n) is 3.84. The summed E-state index contributed by atoms with van der Waals surface area (Å²) < 4.78 is 30.6. The van der Waals surface area contributed by atoms with Crippen LogP contribution in [0.4, 0.5) is 0 Å². The highest BCUT2D eigenvalue weighted by Crippen LogP contribution is 2.29. The van der Waals surface area contributed by atoms with Gasteiger partial charge in [0.2, 0.25) is 0 Å². The normalized spacial score (nSPS) is 12.2. The van der Waals surface area contributed by atoms with Crippen LogP contribution in [0, 0.1) is 0 Å². The van der Waals surface area contributed by atoms with Gasteiger partial charge in [-0.2, -0.15) is 0 Å². The van der Waals surface area contributed by atoms with Crippen LogP contribution in [0.15, 0.2) is 53.4 Å². The predicted octanol–water partition coefficient (Wildman–Crippen LogP) is 4.34. The molecule has 0 atom stereocenters. The molecule has 23 heavy (non-hydrogen) atoms. The Morgan fingerprint density at radius 2 is 1.74 bits per heavy atom. The standard InChI is InChI=1S/C18H21BrO3S/c1-18(2,15-9-7-14(12-19)8-10-15)13-23(20,21)17-6-4-5-16(11-17)22-3/h4-11H,12-13H2,1-3H3. The molecule has 0 aromatic heterocycles. The number of benzene rings is 2. The number of rotatable bonds is 6. The van der Waals surface area contributed by atoms with Crippen LogP contribution in [0.2, 0.25) is 0 Å². The summed E-state index contributed by atoms with van der Waals surface area (Å²) in [5.41, 5.74) is 1.70. The van der Waals surface area contributed by atoms with Gasteiger partial charge in [0.15, 0.2) is 9.84 Å². The topological polar surface area (TPSA) is 43.4 Å². The number of halogens is 1. The lowest BCUT2D eigenvalue weighted by atomic mass is 9.86. The van der Waals surface area contributed by atoms with E-state index in [4.69, 9.17) is 4.74 Å². The number of hydrogen-bond acceptors (Lipinski definition) is 3. The average molecular weight is 397 g/mol. The van der Waals surface area contributed by atoms with Crippen molar-refractivity contribution in [2.45, 2.75) is 29.5 Å². The highest BCUT2D eigenvalue weighted by Gasteiger charge is 2.29. The van der Waals surface area contributed by atoms with Crippen LogP contribution in [0.1, 0.15) is 25.0 Å². The van der Waals surface area contributed by atoms with E-state index in [0.29, 0.717) is 10.6 Å². The van der Waals surface area contributed by atoms with Crippen LogP contribution in [-0.4, -0.2) is 21.3 Å². The predicted molar refractivity (Wildman–Crippen MR) is 97.1 cm³/mol. The molecule has 3 nitrogen and oxygen atoms in total. The van der Waals surface area contributed by atoms with Crippen molar-refractivity contribution in [3.63, 3.8) is 0 Å². The molecule has 2 rings (SSSR count). The van der Waals surface area contributed by atoms with Crippen LogP contribution in [0.5, 0.6) is 5.75 Å². The van der Waals surface area contributed by atoms with Gasteiger partial charge in [-0.3, -0.25) is 0 Å². The average Bonchev–Trinajstić information content (AvgIpc) is 2.54. The third-order valence-corrected chi connectivity index (χ3v) is 6.56. The minimum atomic E-state index is -3.40. The van der Waals surface area contributed by atoms with E-state index in [1.54, 1.807) is 24.3 Å². The first-order valence-corrected chi connectivity index (χ1v) is 10.1. The summed E-state index contributed by atoms with van der Waals surface area (Å²) in [4.78, 5) is 0.294. The summed E-state index contributed by atoms with van der Waals surface area (Å²) in [5, 5.41) is 0.788. The molecule has 2 aromatic carbocycles. The fourth-order valence-electron chi connectivity index (χ4n) is 2.48. The molecule has 5 heteroatoms. The summed E-state index contributed by atoms with van der Waals surface area (Å²) in [6, 6.07) is 14.7. The number of ether oxygens (including phenoxy) is 1. The Bertz CT molecular complexity index is 765. The van der Waals surface area contributed by atoms with Crippen molar-refractivity contribution in [3.8, 4) is 5.75 Å². The maximum Gasteiger partial charge on any atom is 0.179 e. The Hall–Kier alpha value is -1.33. The van der Waals surface area contributed by atoms with Crippen LogP contribution in [-0.2, 0) is 20.6 Å². The van der Waals surface area contributed by atoms with E-state index in [0.717, 1.165) is 10.9 Å². The van der Waals surface area contributed by atoms with Crippen molar-refractivity contribution in [3.05, 3.63) is 59.7 Å². The highest BCUT2D eigenvalue weighted by atomic mass is 79.9. The van der Waals surface area contributed by atoms with E-state index in [1.807, 2.05) is 38.1 Å². The fraction of sp³-hybridized carbons (Fsp3) is 0.333. The van der Waals surface area contributed by atoms with Crippen molar-refractivity contribution >= 4 is 25.8 Å². The molecule has 0 amide bonds. The fourth-order valence-corrected chi connectivity index (χ4v) is 4.72. The number of hydrogen-bond donors (Lipinski definition) is 0. The third kappa shape index (κ3) is 4.36. The first-order chi connectivity index (χ1) is 10.8. The molecular weight excluding hydrogens is 376 g/mol. The summed E-state index contributed by atoms with van der Waals surface area (Å²) in [6.07, 6.45) is 0. The van der Waals surface area contributed by atoms with E-state index >= 15 is 0 Å².